The van der Waals surface area contributed by atoms with Gasteiger partial charge in [0.1, 0.15) is 18.8 Å². The van der Waals surface area contributed by atoms with Crippen molar-refractivity contribution in [2.75, 3.05) is 32.6 Å². The van der Waals surface area contributed by atoms with E-state index in [0.717, 1.165) is 16.4 Å². The summed E-state index contributed by atoms with van der Waals surface area (Å²) < 4.78 is 16.0. The van der Waals surface area contributed by atoms with Crippen LogP contribution in [0.1, 0.15) is 13.8 Å². The lowest BCUT2D eigenvalue weighted by Crippen LogP contribution is -2.52. The third kappa shape index (κ3) is 3.83. The molecule has 1 atom stereocenters. The second kappa shape index (κ2) is 7.04. The standard InChI is InChI=1S/C15H21NO4S/c1-4-16-15(2,14(17)18-3)10-21-11-5-6-12-13(9-11)20-8-7-19-12/h5-6,9,16H,4,7-8,10H2,1-3H3. The molecule has 0 saturated heterocycles. The highest BCUT2D eigenvalue weighted by Gasteiger charge is 2.33. The molecule has 1 unspecified atom stereocenters. The van der Waals surface area contributed by atoms with E-state index in [9.17, 15) is 4.79 Å². The largest absolute Gasteiger partial charge is 0.486 e. The van der Waals surface area contributed by atoms with Gasteiger partial charge in [0.15, 0.2) is 11.5 Å². The molecule has 2 rings (SSSR count). The van der Waals surface area contributed by atoms with E-state index in [0.29, 0.717) is 25.5 Å². The maximum Gasteiger partial charge on any atom is 0.326 e. The summed E-state index contributed by atoms with van der Waals surface area (Å²) in [5.74, 6) is 1.85. The zero-order valence-corrected chi connectivity index (χ0v) is 13.4. The summed E-state index contributed by atoms with van der Waals surface area (Å²) in [6, 6.07) is 5.82. The van der Waals surface area contributed by atoms with Gasteiger partial charge in [0, 0.05) is 10.6 Å². The van der Waals surface area contributed by atoms with Crippen LogP contribution in [0.25, 0.3) is 0 Å². The predicted molar refractivity (Wildman–Crippen MR) is 82.3 cm³/mol. The van der Waals surface area contributed by atoms with Crippen LogP contribution in [0, 0.1) is 0 Å². The van der Waals surface area contributed by atoms with E-state index in [2.05, 4.69) is 5.32 Å². The van der Waals surface area contributed by atoms with Gasteiger partial charge in [-0.1, -0.05) is 6.92 Å². The Morgan fingerprint density at radius 1 is 1.38 bits per heavy atom. The van der Waals surface area contributed by atoms with Gasteiger partial charge in [-0.2, -0.15) is 0 Å². The Kier molecular flexibility index (Phi) is 5.36. The average Bonchev–Trinajstić information content (AvgIpc) is 2.52. The van der Waals surface area contributed by atoms with E-state index in [1.54, 1.807) is 11.8 Å². The van der Waals surface area contributed by atoms with Crippen molar-refractivity contribution in [2.24, 2.45) is 0 Å². The zero-order valence-electron chi connectivity index (χ0n) is 12.6. The molecule has 0 aliphatic carbocycles. The molecular weight excluding hydrogens is 290 g/mol. The van der Waals surface area contributed by atoms with Crippen molar-refractivity contribution < 1.29 is 19.0 Å². The van der Waals surface area contributed by atoms with E-state index < -0.39 is 5.54 Å². The van der Waals surface area contributed by atoms with Crippen molar-refractivity contribution in [3.05, 3.63) is 18.2 Å². The van der Waals surface area contributed by atoms with Gasteiger partial charge in [-0.3, -0.25) is 4.79 Å². The molecule has 0 spiro atoms. The summed E-state index contributed by atoms with van der Waals surface area (Å²) in [7, 11) is 1.41. The van der Waals surface area contributed by atoms with Gasteiger partial charge in [0.05, 0.1) is 7.11 Å². The third-order valence-corrected chi connectivity index (χ3v) is 4.55. The molecule has 21 heavy (non-hydrogen) atoms. The first-order valence-electron chi connectivity index (χ1n) is 6.95. The molecule has 0 saturated carbocycles. The van der Waals surface area contributed by atoms with Crippen LogP contribution >= 0.6 is 11.8 Å². The number of carbonyl (C=O) groups is 1. The summed E-state index contributed by atoms with van der Waals surface area (Å²) in [4.78, 5) is 13.0. The van der Waals surface area contributed by atoms with Gasteiger partial charge in [0.2, 0.25) is 0 Å². The number of carbonyl (C=O) groups excluding carboxylic acids is 1. The van der Waals surface area contributed by atoms with E-state index in [4.69, 9.17) is 14.2 Å². The minimum Gasteiger partial charge on any atom is -0.486 e. The highest BCUT2D eigenvalue weighted by atomic mass is 32.2. The van der Waals surface area contributed by atoms with Crippen molar-refractivity contribution >= 4 is 17.7 Å². The number of nitrogens with one attached hydrogen (secondary N) is 1. The fourth-order valence-electron chi connectivity index (χ4n) is 2.14. The highest BCUT2D eigenvalue weighted by molar-refractivity contribution is 7.99. The summed E-state index contributed by atoms with van der Waals surface area (Å²) in [6.07, 6.45) is 0. The molecule has 0 bridgehead atoms. The Morgan fingerprint density at radius 3 is 2.76 bits per heavy atom. The monoisotopic (exact) mass is 311 g/mol. The van der Waals surface area contributed by atoms with Crippen molar-refractivity contribution in [1.29, 1.82) is 0 Å². The highest BCUT2D eigenvalue weighted by Crippen LogP contribution is 2.35. The van der Waals surface area contributed by atoms with Crippen LogP contribution < -0.4 is 14.8 Å². The molecule has 116 valence electrons. The van der Waals surface area contributed by atoms with Crippen molar-refractivity contribution in [1.82, 2.24) is 5.32 Å². The average molecular weight is 311 g/mol. The van der Waals surface area contributed by atoms with Crippen LogP contribution in [0.2, 0.25) is 0 Å². The summed E-state index contributed by atoms with van der Waals surface area (Å²) in [5.41, 5.74) is -0.707. The number of ether oxygens (including phenoxy) is 3. The fraction of sp³-hybridized carbons (Fsp3) is 0.533. The molecule has 0 fully saturated rings. The lowest BCUT2D eigenvalue weighted by atomic mass is 10.1. The molecule has 1 aromatic carbocycles. The number of thioether (sulfide) groups is 1. The molecule has 1 aromatic rings. The summed E-state index contributed by atoms with van der Waals surface area (Å²) >= 11 is 1.58. The second-order valence-corrected chi connectivity index (χ2v) is 6.00. The number of fused-ring (bicyclic) bond motifs is 1. The number of hydrogen-bond acceptors (Lipinski definition) is 6. The third-order valence-electron chi connectivity index (χ3n) is 3.24. The first-order valence-corrected chi connectivity index (χ1v) is 7.93. The fourth-order valence-corrected chi connectivity index (χ4v) is 3.17. The predicted octanol–water partition coefficient (Wildman–Crippen LogP) is 2.09. The van der Waals surface area contributed by atoms with Gasteiger partial charge in [-0.15, -0.1) is 11.8 Å². The van der Waals surface area contributed by atoms with Gasteiger partial charge in [-0.05, 0) is 31.7 Å². The normalized spacial score (nSPS) is 16.1. The summed E-state index contributed by atoms with van der Waals surface area (Å²) in [5, 5.41) is 3.19. The van der Waals surface area contributed by atoms with Crippen molar-refractivity contribution in [3.8, 4) is 11.5 Å². The van der Waals surface area contributed by atoms with Gasteiger partial charge < -0.3 is 19.5 Å². The number of methoxy groups -OCH3 is 1. The summed E-state index contributed by atoms with van der Waals surface area (Å²) in [6.45, 7) is 5.68. The topological polar surface area (TPSA) is 56.8 Å². The Morgan fingerprint density at radius 2 is 2.10 bits per heavy atom. The zero-order chi connectivity index (χ0) is 15.3. The smallest absolute Gasteiger partial charge is 0.326 e. The van der Waals surface area contributed by atoms with Gasteiger partial charge >= 0.3 is 5.97 Å². The first kappa shape index (κ1) is 16.0. The second-order valence-electron chi connectivity index (χ2n) is 4.95. The minimum absolute atomic E-state index is 0.255. The molecule has 0 radical (unpaired) electrons. The number of rotatable bonds is 6. The lowest BCUT2D eigenvalue weighted by molar-refractivity contribution is -0.146. The molecular formula is C15H21NO4S. The van der Waals surface area contributed by atoms with Crippen LogP contribution in [0.5, 0.6) is 11.5 Å². The Balaban J connectivity index is 2.05. The van der Waals surface area contributed by atoms with Crippen molar-refractivity contribution in [3.63, 3.8) is 0 Å². The number of esters is 1. The van der Waals surface area contributed by atoms with E-state index in [1.807, 2.05) is 32.0 Å². The Labute approximate surface area is 129 Å². The Hall–Kier alpha value is -1.40. The number of benzene rings is 1. The quantitative estimate of drug-likeness (QED) is 0.641. The van der Waals surface area contributed by atoms with Gasteiger partial charge in [0.25, 0.3) is 0 Å². The molecule has 6 heteroatoms. The van der Waals surface area contributed by atoms with Crippen LogP contribution in [0.4, 0.5) is 0 Å². The number of likely N-dealkylation sites (N-methyl/N-ethyl adjacent to an activating group) is 1. The Bertz CT molecular complexity index is 508. The molecule has 1 heterocycles. The molecule has 5 nitrogen and oxygen atoms in total. The minimum atomic E-state index is -0.707. The van der Waals surface area contributed by atoms with E-state index >= 15 is 0 Å². The first-order chi connectivity index (χ1) is 10.1. The van der Waals surface area contributed by atoms with Crippen LogP contribution in [0.15, 0.2) is 23.1 Å². The van der Waals surface area contributed by atoms with E-state index in [-0.39, 0.29) is 5.97 Å². The number of hydrogen-bond donors (Lipinski definition) is 1. The SMILES string of the molecule is CCNC(C)(CSc1ccc2c(c1)OCCO2)C(=O)OC. The molecule has 1 aliphatic heterocycles. The van der Waals surface area contributed by atoms with Crippen LogP contribution in [0.3, 0.4) is 0 Å². The molecule has 1 aliphatic rings. The maximum atomic E-state index is 11.9. The van der Waals surface area contributed by atoms with Crippen molar-refractivity contribution in [2.45, 2.75) is 24.3 Å². The van der Waals surface area contributed by atoms with Gasteiger partial charge in [-0.25, -0.2) is 0 Å². The lowest BCUT2D eigenvalue weighted by Gasteiger charge is -2.27. The molecule has 0 aromatic heterocycles. The van der Waals surface area contributed by atoms with Crippen LogP contribution in [-0.2, 0) is 9.53 Å². The van der Waals surface area contributed by atoms with E-state index in [1.165, 1.54) is 7.11 Å². The van der Waals surface area contributed by atoms with Crippen LogP contribution in [-0.4, -0.2) is 44.1 Å². The molecule has 0 amide bonds. The maximum absolute atomic E-state index is 11.9. The molecule has 1 N–H and O–H groups in total.